The van der Waals surface area contributed by atoms with E-state index in [9.17, 15) is 14.4 Å². The fourth-order valence-corrected chi connectivity index (χ4v) is 1.81. The van der Waals surface area contributed by atoms with E-state index in [1.807, 2.05) is 6.07 Å². The molecule has 1 aromatic rings. The van der Waals surface area contributed by atoms with Crippen molar-refractivity contribution in [3.63, 3.8) is 0 Å². The molecule has 1 heterocycles. The molecule has 6 nitrogen and oxygen atoms in total. The van der Waals surface area contributed by atoms with E-state index >= 15 is 0 Å². The van der Waals surface area contributed by atoms with Gasteiger partial charge in [0, 0.05) is 11.3 Å². The lowest BCUT2D eigenvalue weighted by Crippen LogP contribution is -2.54. The zero-order valence-electron chi connectivity index (χ0n) is 10.2. The first kappa shape index (κ1) is 12.8. The third kappa shape index (κ3) is 2.45. The van der Waals surface area contributed by atoms with Crippen LogP contribution in [0.1, 0.15) is 17.3 Å². The first-order valence-corrected chi connectivity index (χ1v) is 5.66. The molecular formula is C13H11N3O3. The quantitative estimate of drug-likeness (QED) is 0.803. The van der Waals surface area contributed by atoms with E-state index in [0.717, 1.165) is 0 Å². The van der Waals surface area contributed by atoms with Gasteiger partial charge in [-0.05, 0) is 31.2 Å². The monoisotopic (exact) mass is 257 g/mol. The van der Waals surface area contributed by atoms with Crippen molar-refractivity contribution < 1.29 is 14.4 Å². The molecule has 1 aliphatic heterocycles. The average Bonchev–Trinajstić information content (AvgIpc) is 2.39. The Morgan fingerprint density at radius 2 is 2.00 bits per heavy atom. The Bertz CT molecular complexity index is 586. The second-order valence-corrected chi connectivity index (χ2v) is 4.19. The van der Waals surface area contributed by atoms with Crippen molar-refractivity contribution in [2.75, 3.05) is 11.4 Å². The Hall–Kier alpha value is -2.68. The van der Waals surface area contributed by atoms with Gasteiger partial charge in [0.2, 0.25) is 5.91 Å². The maximum absolute atomic E-state index is 11.7. The van der Waals surface area contributed by atoms with Crippen molar-refractivity contribution in [3.05, 3.63) is 29.8 Å². The van der Waals surface area contributed by atoms with Gasteiger partial charge in [-0.2, -0.15) is 5.26 Å². The predicted octanol–water partition coefficient (Wildman–Crippen LogP) is 1.09. The summed E-state index contributed by atoms with van der Waals surface area (Å²) >= 11 is 0. The maximum atomic E-state index is 11.7. The van der Waals surface area contributed by atoms with Crippen LogP contribution in [0.4, 0.5) is 10.5 Å². The number of amides is 3. The largest absolute Gasteiger partial charge is 0.328 e. The van der Waals surface area contributed by atoms with Crippen molar-refractivity contribution >= 4 is 23.4 Å². The molecule has 1 aromatic carbocycles. The Morgan fingerprint density at radius 1 is 1.37 bits per heavy atom. The van der Waals surface area contributed by atoms with Crippen LogP contribution < -0.4 is 10.2 Å². The Labute approximate surface area is 109 Å². The van der Waals surface area contributed by atoms with E-state index in [4.69, 9.17) is 5.26 Å². The van der Waals surface area contributed by atoms with Crippen LogP contribution in [0.2, 0.25) is 0 Å². The smallest absolute Gasteiger partial charge is 0.295 e. The van der Waals surface area contributed by atoms with Crippen molar-refractivity contribution in [3.8, 4) is 6.07 Å². The third-order valence-electron chi connectivity index (χ3n) is 2.90. The van der Waals surface area contributed by atoms with Crippen LogP contribution in [0.15, 0.2) is 24.3 Å². The van der Waals surface area contributed by atoms with Gasteiger partial charge in [0.15, 0.2) is 5.78 Å². The summed E-state index contributed by atoms with van der Waals surface area (Å²) in [6.07, 6.45) is 0. The highest BCUT2D eigenvalue weighted by molar-refractivity contribution is 6.07. The predicted molar refractivity (Wildman–Crippen MR) is 66.4 cm³/mol. The number of nitrogens with one attached hydrogen (secondary N) is 1. The molecule has 1 fully saturated rings. The molecule has 1 aliphatic rings. The number of hydrogen-bond acceptors (Lipinski definition) is 4. The summed E-state index contributed by atoms with van der Waals surface area (Å²) in [4.78, 5) is 35.5. The number of carbonyl (C=O) groups is 3. The maximum Gasteiger partial charge on any atom is 0.328 e. The van der Waals surface area contributed by atoms with Gasteiger partial charge in [-0.3, -0.25) is 19.8 Å². The molecule has 1 N–H and O–H groups in total. The minimum absolute atomic E-state index is 0.0145. The summed E-state index contributed by atoms with van der Waals surface area (Å²) in [5, 5.41) is 11.0. The Kier molecular flexibility index (Phi) is 3.29. The van der Waals surface area contributed by atoms with Crippen LogP contribution in [-0.2, 0) is 4.79 Å². The second-order valence-electron chi connectivity index (χ2n) is 4.19. The van der Waals surface area contributed by atoms with Crippen LogP contribution in [0.3, 0.4) is 0 Å². The van der Waals surface area contributed by atoms with Crippen LogP contribution >= 0.6 is 0 Å². The molecule has 0 aromatic heterocycles. The SMILES string of the molecule is CC(=O)c1ccc(N2CC(C#N)C(=O)NC2=O)cc1. The van der Waals surface area contributed by atoms with Gasteiger partial charge in [0.05, 0.1) is 12.6 Å². The van der Waals surface area contributed by atoms with Crippen LogP contribution in [0.25, 0.3) is 0 Å². The summed E-state index contributed by atoms with van der Waals surface area (Å²) in [6.45, 7) is 1.47. The molecule has 1 atom stereocenters. The number of Topliss-reactive ketones (excluding diaryl/α,β-unsaturated/α-hetero) is 1. The van der Waals surface area contributed by atoms with Gasteiger partial charge in [-0.1, -0.05) is 0 Å². The summed E-state index contributed by atoms with van der Waals surface area (Å²) in [5.74, 6) is -1.53. The van der Waals surface area contributed by atoms with Gasteiger partial charge in [0.25, 0.3) is 0 Å². The molecule has 1 saturated heterocycles. The summed E-state index contributed by atoms with van der Waals surface area (Å²) in [7, 11) is 0. The number of nitriles is 1. The first-order chi connectivity index (χ1) is 9.02. The van der Waals surface area contributed by atoms with Gasteiger partial charge in [-0.25, -0.2) is 4.79 Å². The van der Waals surface area contributed by atoms with Crippen molar-refractivity contribution in [1.29, 1.82) is 5.26 Å². The van der Waals surface area contributed by atoms with E-state index in [1.165, 1.54) is 11.8 Å². The minimum atomic E-state index is -0.884. The van der Waals surface area contributed by atoms with E-state index in [1.54, 1.807) is 24.3 Å². The molecule has 0 saturated carbocycles. The van der Waals surface area contributed by atoms with Gasteiger partial charge >= 0.3 is 6.03 Å². The third-order valence-corrected chi connectivity index (χ3v) is 2.90. The molecule has 6 heteroatoms. The lowest BCUT2D eigenvalue weighted by atomic mass is 10.1. The van der Waals surface area contributed by atoms with Gasteiger partial charge < -0.3 is 0 Å². The molecule has 2 rings (SSSR count). The molecular weight excluding hydrogens is 246 g/mol. The number of urea groups is 1. The summed E-state index contributed by atoms with van der Waals surface area (Å²) in [6, 6.07) is 7.70. The highest BCUT2D eigenvalue weighted by Gasteiger charge is 2.32. The molecule has 0 spiro atoms. The molecule has 0 aliphatic carbocycles. The van der Waals surface area contributed by atoms with E-state index in [2.05, 4.69) is 5.32 Å². The van der Waals surface area contributed by atoms with Gasteiger partial charge in [0.1, 0.15) is 5.92 Å². The number of rotatable bonds is 2. The molecule has 3 amide bonds. The Morgan fingerprint density at radius 3 is 2.53 bits per heavy atom. The Balaban J connectivity index is 2.26. The molecule has 0 radical (unpaired) electrons. The first-order valence-electron chi connectivity index (χ1n) is 5.66. The number of ketones is 1. The second kappa shape index (κ2) is 4.90. The number of carbonyl (C=O) groups excluding carboxylic acids is 3. The molecule has 1 unspecified atom stereocenters. The standard InChI is InChI=1S/C13H11N3O3/c1-8(17)9-2-4-11(5-3-9)16-7-10(6-14)12(18)15-13(16)19/h2-5,10H,7H2,1H3,(H,15,18,19). The lowest BCUT2D eigenvalue weighted by molar-refractivity contribution is -0.122. The van der Waals surface area contributed by atoms with Crippen LogP contribution in [0.5, 0.6) is 0 Å². The summed E-state index contributed by atoms with van der Waals surface area (Å²) < 4.78 is 0. The van der Waals surface area contributed by atoms with E-state index in [-0.39, 0.29) is 12.3 Å². The zero-order chi connectivity index (χ0) is 14.0. The van der Waals surface area contributed by atoms with E-state index < -0.39 is 17.9 Å². The summed E-state index contributed by atoms with van der Waals surface area (Å²) in [5.41, 5.74) is 1.07. The molecule has 0 bridgehead atoms. The average molecular weight is 257 g/mol. The number of benzene rings is 1. The highest BCUT2D eigenvalue weighted by Crippen LogP contribution is 2.19. The fourth-order valence-electron chi connectivity index (χ4n) is 1.81. The van der Waals surface area contributed by atoms with Crippen molar-refractivity contribution in [2.45, 2.75) is 6.92 Å². The van der Waals surface area contributed by atoms with Crippen LogP contribution in [0, 0.1) is 17.2 Å². The fraction of sp³-hybridized carbons (Fsp3) is 0.231. The van der Waals surface area contributed by atoms with Crippen LogP contribution in [-0.4, -0.2) is 24.3 Å². The number of anilines is 1. The minimum Gasteiger partial charge on any atom is -0.295 e. The van der Waals surface area contributed by atoms with Crippen molar-refractivity contribution in [2.24, 2.45) is 5.92 Å². The molecule has 19 heavy (non-hydrogen) atoms. The van der Waals surface area contributed by atoms with E-state index in [0.29, 0.717) is 11.3 Å². The highest BCUT2D eigenvalue weighted by atomic mass is 16.2. The van der Waals surface area contributed by atoms with Crippen molar-refractivity contribution in [1.82, 2.24) is 5.32 Å². The molecule has 96 valence electrons. The lowest BCUT2D eigenvalue weighted by Gasteiger charge is -2.29. The normalized spacial score (nSPS) is 18.7. The topological polar surface area (TPSA) is 90.3 Å². The van der Waals surface area contributed by atoms with Gasteiger partial charge in [-0.15, -0.1) is 0 Å². The number of hydrogen-bond donors (Lipinski definition) is 1. The number of nitrogens with zero attached hydrogens (tertiary/aromatic N) is 2. The number of imide groups is 1. The zero-order valence-corrected chi connectivity index (χ0v) is 10.2.